The zero-order valence-electron chi connectivity index (χ0n) is 15.2. The molecule has 0 bridgehead atoms. The van der Waals surface area contributed by atoms with Crippen LogP contribution in [-0.4, -0.2) is 19.6 Å². The number of aromatic amines is 1. The number of fused-ring (bicyclic) bond motifs is 1. The number of halogens is 1. The van der Waals surface area contributed by atoms with Crippen molar-refractivity contribution in [3.05, 3.63) is 87.8 Å². The van der Waals surface area contributed by atoms with Gasteiger partial charge in [-0.2, -0.15) is 9.50 Å². The number of anilines is 1. The first kappa shape index (κ1) is 18.0. The quantitative estimate of drug-likeness (QED) is 0.529. The fourth-order valence-corrected chi connectivity index (χ4v) is 3.18. The van der Waals surface area contributed by atoms with E-state index in [1.807, 2.05) is 49.4 Å². The summed E-state index contributed by atoms with van der Waals surface area (Å²) in [6.07, 6.45) is 0. The van der Waals surface area contributed by atoms with Crippen molar-refractivity contribution in [2.24, 2.45) is 0 Å². The third-order valence-corrected chi connectivity index (χ3v) is 4.56. The normalized spacial score (nSPS) is 10.9. The molecule has 2 aromatic carbocycles. The van der Waals surface area contributed by atoms with Gasteiger partial charge in [-0.05, 0) is 30.7 Å². The first-order chi connectivity index (χ1) is 13.5. The Balaban J connectivity index is 1.68. The smallest absolute Gasteiger partial charge is 0.274 e. The van der Waals surface area contributed by atoms with E-state index in [9.17, 15) is 4.79 Å². The van der Waals surface area contributed by atoms with Crippen LogP contribution < -0.4 is 10.9 Å². The Labute approximate surface area is 166 Å². The van der Waals surface area contributed by atoms with E-state index in [4.69, 9.17) is 11.6 Å². The fraction of sp³-hybridized carbons (Fsp3) is 0.0952. The average molecular weight is 392 g/mol. The molecule has 0 fully saturated rings. The van der Waals surface area contributed by atoms with Crippen LogP contribution in [0.25, 0.3) is 22.7 Å². The van der Waals surface area contributed by atoms with Gasteiger partial charge in [0.25, 0.3) is 11.3 Å². The zero-order valence-corrected chi connectivity index (χ0v) is 16.0. The molecule has 140 valence electrons. The lowest BCUT2D eigenvalue weighted by molar-refractivity contribution is 0.879. The number of rotatable bonds is 5. The van der Waals surface area contributed by atoms with Crippen molar-refractivity contribution < 1.29 is 0 Å². The van der Waals surface area contributed by atoms with Crippen LogP contribution in [0.3, 0.4) is 0 Å². The molecule has 0 atom stereocenters. The number of allylic oxidation sites excluding steroid dienone is 1. The van der Waals surface area contributed by atoms with E-state index in [2.05, 4.69) is 27.0 Å². The monoisotopic (exact) mass is 391 g/mol. The highest BCUT2D eigenvalue weighted by molar-refractivity contribution is 6.30. The summed E-state index contributed by atoms with van der Waals surface area (Å²) in [4.78, 5) is 21.5. The van der Waals surface area contributed by atoms with Crippen LogP contribution in [0.1, 0.15) is 18.2 Å². The molecule has 4 aromatic rings. The lowest BCUT2D eigenvalue weighted by atomic mass is 10.0. The summed E-state index contributed by atoms with van der Waals surface area (Å²) in [5.74, 6) is 0.894. The molecule has 0 amide bonds. The Hall–Kier alpha value is -3.38. The molecule has 0 saturated heterocycles. The molecule has 0 saturated carbocycles. The Morgan fingerprint density at radius 2 is 2.00 bits per heavy atom. The first-order valence-electron chi connectivity index (χ1n) is 8.75. The predicted octanol–water partition coefficient (Wildman–Crippen LogP) is 4.38. The van der Waals surface area contributed by atoms with Crippen LogP contribution in [0.2, 0.25) is 5.02 Å². The molecule has 7 heteroatoms. The zero-order chi connectivity index (χ0) is 19.7. The summed E-state index contributed by atoms with van der Waals surface area (Å²) in [5.41, 5.74) is 3.99. The number of benzene rings is 2. The van der Waals surface area contributed by atoms with Crippen molar-refractivity contribution in [1.82, 2.24) is 19.6 Å². The van der Waals surface area contributed by atoms with Gasteiger partial charge in [-0.3, -0.25) is 9.89 Å². The van der Waals surface area contributed by atoms with Gasteiger partial charge in [-0.25, -0.2) is 4.98 Å². The Kier molecular flexibility index (Phi) is 4.71. The minimum absolute atomic E-state index is 0.223. The molecule has 0 radical (unpaired) electrons. The molecule has 0 aliphatic heterocycles. The van der Waals surface area contributed by atoms with E-state index in [1.54, 1.807) is 6.07 Å². The van der Waals surface area contributed by atoms with Crippen molar-refractivity contribution in [2.75, 3.05) is 5.32 Å². The minimum Gasteiger partial charge on any atom is -0.379 e. The van der Waals surface area contributed by atoms with Crippen LogP contribution >= 0.6 is 11.6 Å². The van der Waals surface area contributed by atoms with Gasteiger partial charge in [0.2, 0.25) is 0 Å². The van der Waals surface area contributed by atoms with Crippen molar-refractivity contribution in [1.29, 1.82) is 0 Å². The van der Waals surface area contributed by atoms with Crippen molar-refractivity contribution in [3.63, 3.8) is 0 Å². The number of hydrogen-bond acceptors (Lipinski definition) is 4. The van der Waals surface area contributed by atoms with Gasteiger partial charge in [-0.1, -0.05) is 54.1 Å². The minimum atomic E-state index is -0.223. The maximum absolute atomic E-state index is 12.5. The summed E-state index contributed by atoms with van der Waals surface area (Å²) < 4.78 is 1.34. The second kappa shape index (κ2) is 7.32. The summed E-state index contributed by atoms with van der Waals surface area (Å²) in [6, 6.07) is 16.6. The SMILES string of the molecule is C=C(C)c1ccccc1-c1nc2nc(CNc3cccc(Cl)c3)cc(=O)n2[nH]1. The first-order valence-corrected chi connectivity index (χ1v) is 9.12. The molecular formula is C21H18ClN5O. The number of nitrogens with zero attached hydrogens (tertiary/aromatic N) is 3. The molecule has 2 heterocycles. The van der Waals surface area contributed by atoms with Gasteiger partial charge in [0.05, 0.1) is 12.2 Å². The molecule has 0 aliphatic rings. The van der Waals surface area contributed by atoms with Crippen LogP contribution in [0.5, 0.6) is 0 Å². The van der Waals surface area contributed by atoms with Gasteiger partial charge in [-0.15, -0.1) is 0 Å². The Morgan fingerprint density at radius 3 is 2.79 bits per heavy atom. The van der Waals surface area contributed by atoms with E-state index in [0.717, 1.165) is 22.4 Å². The molecule has 2 N–H and O–H groups in total. The molecule has 4 rings (SSSR count). The van der Waals surface area contributed by atoms with E-state index < -0.39 is 0 Å². The maximum atomic E-state index is 12.5. The van der Waals surface area contributed by atoms with Gasteiger partial charge in [0, 0.05) is 22.3 Å². The predicted molar refractivity (Wildman–Crippen MR) is 113 cm³/mol. The molecule has 28 heavy (non-hydrogen) atoms. The number of nitrogens with one attached hydrogen (secondary N) is 2. The third-order valence-electron chi connectivity index (χ3n) is 4.32. The van der Waals surface area contributed by atoms with Gasteiger partial charge >= 0.3 is 0 Å². The maximum Gasteiger partial charge on any atom is 0.274 e. The highest BCUT2D eigenvalue weighted by Crippen LogP contribution is 2.25. The van der Waals surface area contributed by atoms with E-state index in [0.29, 0.717) is 28.9 Å². The lowest BCUT2D eigenvalue weighted by Gasteiger charge is -2.05. The van der Waals surface area contributed by atoms with Crippen molar-refractivity contribution in [3.8, 4) is 11.4 Å². The van der Waals surface area contributed by atoms with Gasteiger partial charge in [0.15, 0.2) is 5.82 Å². The third kappa shape index (κ3) is 3.54. The fourth-order valence-electron chi connectivity index (χ4n) is 2.99. The van der Waals surface area contributed by atoms with Gasteiger partial charge in [0.1, 0.15) is 0 Å². The topological polar surface area (TPSA) is 75.1 Å². The molecule has 0 aliphatic carbocycles. The van der Waals surface area contributed by atoms with Crippen LogP contribution in [0, 0.1) is 0 Å². The van der Waals surface area contributed by atoms with Gasteiger partial charge < -0.3 is 5.32 Å². The molecule has 6 nitrogen and oxygen atoms in total. The van der Waals surface area contributed by atoms with Crippen LogP contribution in [0.15, 0.2) is 66.0 Å². The number of hydrogen-bond donors (Lipinski definition) is 2. The lowest BCUT2D eigenvalue weighted by Crippen LogP contribution is -2.17. The molecule has 0 spiro atoms. The Morgan fingerprint density at radius 1 is 1.18 bits per heavy atom. The average Bonchev–Trinajstić information content (AvgIpc) is 3.11. The number of aromatic nitrogens is 4. The van der Waals surface area contributed by atoms with E-state index >= 15 is 0 Å². The second-order valence-electron chi connectivity index (χ2n) is 6.48. The van der Waals surface area contributed by atoms with Crippen molar-refractivity contribution in [2.45, 2.75) is 13.5 Å². The highest BCUT2D eigenvalue weighted by Gasteiger charge is 2.12. The summed E-state index contributed by atoms with van der Waals surface area (Å²) in [6.45, 7) is 6.33. The summed E-state index contributed by atoms with van der Waals surface area (Å²) in [7, 11) is 0. The largest absolute Gasteiger partial charge is 0.379 e. The number of H-pyrrole nitrogens is 1. The van der Waals surface area contributed by atoms with E-state index in [-0.39, 0.29) is 5.56 Å². The second-order valence-corrected chi connectivity index (χ2v) is 6.92. The molecular weight excluding hydrogens is 374 g/mol. The summed E-state index contributed by atoms with van der Waals surface area (Å²) in [5, 5.41) is 6.89. The summed E-state index contributed by atoms with van der Waals surface area (Å²) >= 11 is 6.00. The molecule has 0 unspecified atom stereocenters. The Bertz CT molecular complexity index is 1240. The van der Waals surface area contributed by atoms with Crippen LogP contribution in [0.4, 0.5) is 5.69 Å². The van der Waals surface area contributed by atoms with Crippen LogP contribution in [-0.2, 0) is 6.54 Å². The highest BCUT2D eigenvalue weighted by atomic mass is 35.5. The molecule has 2 aromatic heterocycles. The van der Waals surface area contributed by atoms with Crippen molar-refractivity contribution >= 4 is 28.6 Å². The standard InChI is InChI=1S/C21H18ClN5O/c1-13(2)17-8-3-4-9-18(17)20-25-21-24-16(11-19(28)27(21)26-20)12-23-15-7-5-6-14(22)10-15/h3-11,23H,1,12H2,2H3,(H,24,25,26). The van der Waals surface area contributed by atoms with E-state index in [1.165, 1.54) is 10.6 Å².